The number of hydrogen-bond acceptors (Lipinski definition) is 5. The molecule has 0 saturated carbocycles. The summed E-state index contributed by atoms with van der Waals surface area (Å²) in [5.74, 6) is 1.77. The van der Waals surface area contributed by atoms with Gasteiger partial charge in [-0.3, -0.25) is 0 Å². The molecule has 0 bridgehead atoms. The SMILES string of the molecule is CCNC(Cc1nc(-c2ncc[nH]2)no1)C(C)(C)C. The molecule has 6 nitrogen and oxygen atoms in total. The van der Waals surface area contributed by atoms with E-state index in [4.69, 9.17) is 4.52 Å². The minimum atomic E-state index is 0.134. The van der Waals surface area contributed by atoms with E-state index in [9.17, 15) is 0 Å². The van der Waals surface area contributed by atoms with Crippen LogP contribution < -0.4 is 5.32 Å². The maximum Gasteiger partial charge on any atom is 0.238 e. The Morgan fingerprint density at radius 3 is 2.79 bits per heavy atom. The van der Waals surface area contributed by atoms with Gasteiger partial charge in [-0.05, 0) is 12.0 Å². The largest absolute Gasteiger partial charge is 0.342 e. The predicted octanol–water partition coefficient (Wildman–Crippen LogP) is 2.03. The van der Waals surface area contributed by atoms with E-state index in [1.807, 2.05) is 0 Å². The normalized spacial score (nSPS) is 13.7. The van der Waals surface area contributed by atoms with E-state index in [-0.39, 0.29) is 5.41 Å². The van der Waals surface area contributed by atoms with Crippen molar-refractivity contribution in [3.8, 4) is 11.6 Å². The van der Waals surface area contributed by atoms with E-state index in [1.165, 1.54) is 0 Å². The highest BCUT2D eigenvalue weighted by atomic mass is 16.5. The molecule has 0 fully saturated rings. The summed E-state index contributed by atoms with van der Waals surface area (Å²) in [7, 11) is 0. The van der Waals surface area contributed by atoms with Gasteiger partial charge in [0.1, 0.15) is 0 Å². The van der Waals surface area contributed by atoms with Crippen LogP contribution in [0.1, 0.15) is 33.6 Å². The molecule has 19 heavy (non-hydrogen) atoms. The summed E-state index contributed by atoms with van der Waals surface area (Å²) in [6.07, 6.45) is 4.12. The van der Waals surface area contributed by atoms with Crippen LogP contribution >= 0.6 is 0 Å². The smallest absolute Gasteiger partial charge is 0.238 e. The number of likely N-dealkylation sites (N-methyl/N-ethyl adjacent to an activating group) is 1. The maximum absolute atomic E-state index is 5.30. The number of H-pyrrole nitrogens is 1. The molecule has 0 amide bonds. The Balaban J connectivity index is 2.10. The van der Waals surface area contributed by atoms with E-state index in [1.54, 1.807) is 12.4 Å². The van der Waals surface area contributed by atoms with Gasteiger partial charge in [-0.2, -0.15) is 4.98 Å². The Morgan fingerprint density at radius 2 is 2.21 bits per heavy atom. The number of hydrogen-bond donors (Lipinski definition) is 2. The molecule has 0 aliphatic rings. The summed E-state index contributed by atoms with van der Waals surface area (Å²) in [4.78, 5) is 11.4. The number of rotatable bonds is 5. The Hall–Kier alpha value is -1.69. The van der Waals surface area contributed by atoms with Crippen LogP contribution in [-0.2, 0) is 6.42 Å². The first kappa shape index (κ1) is 13.7. The van der Waals surface area contributed by atoms with E-state index in [2.05, 4.69) is 53.1 Å². The van der Waals surface area contributed by atoms with Crippen LogP contribution in [0.25, 0.3) is 11.6 Å². The standard InChI is InChI=1S/C13H21N5O/c1-5-14-9(13(2,3)4)8-10-17-12(18-19-10)11-15-6-7-16-11/h6-7,9,14H,5,8H2,1-4H3,(H,15,16). The summed E-state index contributed by atoms with van der Waals surface area (Å²) >= 11 is 0. The van der Waals surface area contributed by atoms with E-state index in [0.717, 1.165) is 6.54 Å². The van der Waals surface area contributed by atoms with E-state index < -0.39 is 0 Å². The second-order valence-corrected chi connectivity index (χ2v) is 5.63. The zero-order chi connectivity index (χ0) is 13.9. The second kappa shape index (κ2) is 5.52. The van der Waals surface area contributed by atoms with Gasteiger partial charge in [0, 0.05) is 24.9 Å². The van der Waals surface area contributed by atoms with Crippen LogP contribution in [0.15, 0.2) is 16.9 Å². The zero-order valence-corrected chi connectivity index (χ0v) is 11.9. The van der Waals surface area contributed by atoms with Crippen LogP contribution in [0.2, 0.25) is 0 Å². The van der Waals surface area contributed by atoms with Gasteiger partial charge in [-0.15, -0.1) is 0 Å². The first-order valence-electron chi connectivity index (χ1n) is 6.56. The fourth-order valence-electron chi connectivity index (χ4n) is 1.93. The van der Waals surface area contributed by atoms with Crippen LogP contribution in [0.3, 0.4) is 0 Å². The van der Waals surface area contributed by atoms with Crippen molar-refractivity contribution < 1.29 is 4.52 Å². The molecule has 0 radical (unpaired) electrons. The molecule has 2 heterocycles. The molecule has 2 N–H and O–H groups in total. The lowest BCUT2D eigenvalue weighted by atomic mass is 9.84. The molecular formula is C13H21N5O. The molecule has 1 atom stereocenters. The maximum atomic E-state index is 5.30. The van der Waals surface area contributed by atoms with Crippen LogP contribution in [-0.4, -0.2) is 32.7 Å². The van der Waals surface area contributed by atoms with Gasteiger partial charge < -0.3 is 14.8 Å². The van der Waals surface area contributed by atoms with Crippen molar-refractivity contribution in [1.82, 2.24) is 25.4 Å². The first-order chi connectivity index (χ1) is 9.00. The van der Waals surface area contributed by atoms with Gasteiger partial charge in [-0.1, -0.05) is 32.9 Å². The fourth-order valence-corrected chi connectivity index (χ4v) is 1.93. The fraction of sp³-hybridized carbons (Fsp3) is 0.615. The van der Waals surface area contributed by atoms with Crippen molar-refractivity contribution in [2.24, 2.45) is 5.41 Å². The quantitative estimate of drug-likeness (QED) is 0.862. The Morgan fingerprint density at radius 1 is 1.42 bits per heavy atom. The van der Waals surface area contributed by atoms with Crippen molar-refractivity contribution in [1.29, 1.82) is 0 Å². The van der Waals surface area contributed by atoms with Gasteiger partial charge in [0.15, 0.2) is 5.82 Å². The number of nitrogens with one attached hydrogen (secondary N) is 2. The summed E-state index contributed by atoms with van der Waals surface area (Å²) < 4.78 is 5.30. The van der Waals surface area contributed by atoms with Crippen molar-refractivity contribution in [3.05, 3.63) is 18.3 Å². The van der Waals surface area contributed by atoms with Crippen LogP contribution in [0.5, 0.6) is 0 Å². The summed E-state index contributed by atoms with van der Waals surface area (Å²) in [5, 5.41) is 7.41. The molecule has 6 heteroatoms. The Bertz CT molecular complexity index is 497. The van der Waals surface area contributed by atoms with Gasteiger partial charge in [0.25, 0.3) is 0 Å². The van der Waals surface area contributed by atoms with Crippen LogP contribution in [0.4, 0.5) is 0 Å². The predicted molar refractivity (Wildman–Crippen MR) is 72.5 cm³/mol. The Labute approximate surface area is 113 Å². The number of aromatic amines is 1. The van der Waals surface area contributed by atoms with Crippen molar-refractivity contribution in [2.75, 3.05) is 6.54 Å². The van der Waals surface area contributed by atoms with E-state index in [0.29, 0.717) is 30.0 Å². The van der Waals surface area contributed by atoms with Crippen LogP contribution in [0, 0.1) is 5.41 Å². The highest BCUT2D eigenvalue weighted by molar-refractivity contribution is 5.40. The van der Waals surface area contributed by atoms with Gasteiger partial charge in [-0.25, -0.2) is 4.98 Å². The molecule has 0 spiro atoms. The second-order valence-electron chi connectivity index (χ2n) is 5.63. The number of imidazole rings is 1. The molecule has 104 valence electrons. The summed E-state index contributed by atoms with van der Waals surface area (Å²) in [5.41, 5.74) is 0.134. The lowest BCUT2D eigenvalue weighted by molar-refractivity contribution is 0.247. The zero-order valence-electron chi connectivity index (χ0n) is 11.9. The number of nitrogens with zero attached hydrogens (tertiary/aromatic N) is 3. The Kier molecular flexibility index (Phi) is 3.99. The van der Waals surface area contributed by atoms with Crippen molar-refractivity contribution in [3.63, 3.8) is 0 Å². The van der Waals surface area contributed by atoms with Crippen molar-refractivity contribution in [2.45, 2.75) is 40.2 Å². The molecule has 1 unspecified atom stereocenters. The van der Waals surface area contributed by atoms with Crippen molar-refractivity contribution >= 4 is 0 Å². The lowest BCUT2D eigenvalue weighted by Crippen LogP contribution is -2.41. The molecule has 0 aromatic carbocycles. The third kappa shape index (κ3) is 3.41. The minimum Gasteiger partial charge on any atom is -0.342 e. The summed E-state index contributed by atoms with van der Waals surface area (Å²) in [6.45, 7) is 9.61. The van der Waals surface area contributed by atoms with E-state index >= 15 is 0 Å². The number of aromatic nitrogens is 4. The third-order valence-corrected chi connectivity index (χ3v) is 3.05. The lowest BCUT2D eigenvalue weighted by Gasteiger charge is -2.30. The first-order valence-corrected chi connectivity index (χ1v) is 6.56. The molecular weight excluding hydrogens is 242 g/mol. The molecule has 0 aliphatic heterocycles. The molecule has 2 rings (SSSR count). The highest BCUT2D eigenvalue weighted by Gasteiger charge is 2.26. The average Bonchev–Trinajstić information content (AvgIpc) is 2.97. The molecule has 2 aromatic heterocycles. The van der Waals surface area contributed by atoms with Gasteiger partial charge in [0.2, 0.25) is 11.7 Å². The van der Waals surface area contributed by atoms with Gasteiger partial charge in [0.05, 0.1) is 0 Å². The molecule has 0 saturated heterocycles. The average molecular weight is 263 g/mol. The molecule has 2 aromatic rings. The summed E-state index contributed by atoms with van der Waals surface area (Å²) in [6, 6.07) is 0.294. The monoisotopic (exact) mass is 263 g/mol. The third-order valence-electron chi connectivity index (χ3n) is 3.05. The topological polar surface area (TPSA) is 79.6 Å². The highest BCUT2D eigenvalue weighted by Crippen LogP contribution is 2.22. The minimum absolute atomic E-state index is 0.134. The van der Waals surface area contributed by atoms with Gasteiger partial charge >= 0.3 is 0 Å². The molecule has 0 aliphatic carbocycles.